The van der Waals surface area contributed by atoms with Crippen molar-refractivity contribution < 1.29 is 4.74 Å². The van der Waals surface area contributed by atoms with Crippen molar-refractivity contribution in [3.8, 4) is 0 Å². The lowest BCUT2D eigenvalue weighted by atomic mass is 10.1. The first-order valence-corrected chi connectivity index (χ1v) is 7.70. The first-order chi connectivity index (χ1) is 8.36. The van der Waals surface area contributed by atoms with Crippen molar-refractivity contribution in [2.75, 3.05) is 26.2 Å². The summed E-state index contributed by atoms with van der Waals surface area (Å²) in [5.41, 5.74) is 0. The van der Waals surface area contributed by atoms with Gasteiger partial charge in [-0.1, -0.05) is 48.0 Å². The predicted octanol–water partition coefficient (Wildman–Crippen LogP) is 4.34. The van der Waals surface area contributed by atoms with E-state index in [1.54, 1.807) is 0 Å². The van der Waals surface area contributed by atoms with E-state index >= 15 is 0 Å². The van der Waals surface area contributed by atoms with Crippen molar-refractivity contribution in [3.05, 3.63) is 0 Å². The SMILES string of the molecule is CC.CC.CCCCOC1CCN(CC)CC1. The molecular formula is C15H35NO. The first kappa shape index (κ1) is 19.3. The third-order valence-corrected chi connectivity index (χ3v) is 2.83. The van der Waals surface area contributed by atoms with Gasteiger partial charge < -0.3 is 9.64 Å². The van der Waals surface area contributed by atoms with Gasteiger partial charge in [-0.05, 0) is 25.8 Å². The van der Waals surface area contributed by atoms with Crippen molar-refractivity contribution in [2.24, 2.45) is 0 Å². The lowest BCUT2D eigenvalue weighted by Gasteiger charge is -2.30. The summed E-state index contributed by atoms with van der Waals surface area (Å²) in [5.74, 6) is 0. The molecular weight excluding hydrogens is 210 g/mol. The third-order valence-electron chi connectivity index (χ3n) is 2.83. The minimum atomic E-state index is 0.550. The smallest absolute Gasteiger partial charge is 0.0599 e. The maximum atomic E-state index is 5.79. The molecule has 17 heavy (non-hydrogen) atoms. The molecule has 2 nitrogen and oxygen atoms in total. The molecule has 1 saturated heterocycles. The number of hydrogen-bond donors (Lipinski definition) is 0. The molecule has 1 aliphatic rings. The first-order valence-electron chi connectivity index (χ1n) is 7.70. The van der Waals surface area contributed by atoms with Crippen molar-refractivity contribution in [1.29, 1.82) is 0 Å². The Labute approximate surface area is 110 Å². The van der Waals surface area contributed by atoms with E-state index in [0.29, 0.717) is 6.10 Å². The van der Waals surface area contributed by atoms with E-state index in [-0.39, 0.29) is 0 Å². The number of nitrogens with zero attached hydrogens (tertiary/aromatic N) is 1. The Morgan fingerprint density at radius 3 is 1.94 bits per heavy atom. The average molecular weight is 245 g/mol. The Morgan fingerprint density at radius 2 is 1.53 bits per heavy atom. The number of ether oxygens (including phenoxy) is 1. The van der Waals surface area contributed by atoms with Gasteiger partial charge in [0.15, 0.2) is 0 Å². The molecule has 0 bridgehead atoms. The van der Waals surface area contributed by atoms with Gasteiger partial charge in [0.05, 0.1) is 6.10 Å². The lowest BCUT2D eigenvalue weighted by molar-refractivity contribution is 0.00744. The maximum absolute atomic E-state index is 5.79. The minimum Gasteiger partial charge on any atom is -0.378 e. The summed E-state index contributed by atoms with van der Waals surface area (Å²) in [7, 11) is 0. The molecule has 0 amide bonds. The molecule has 0 aromatic rings. The van der Waals surface area contributed by atoms with Gasteiger partial charge in [0.2, 0.25) is 0 Å². The monoisotopic (exact) mass is 245 g/mol. The van der Waals surface area contributed by atoms with E-state index in [0.717, 1.165) is 6.61 Å². The molecule has 0 aliphatic carbocycles. The van der Waals surface area contributed by atoms with Crippen LogP contribution in [0.5, 0.6) is 0 Å². The summed E-state index contributed by atoms with van der Waals surface area (Å²) < 4.78 is 5.79. The molecule has 0 N–H and O–H groups in total. The van der Waals surface area contributed by atoms with Gasteiger partial charge in [0.1, 0.15) is 0 Å². The van der Waals surface area contributed by atoms with Crippen LogP contribution in [0.25, 0.3) is 0 Å². The number of piperidine rings is 1. The number of hydrogen-bond acceptors (Lipinski definition) is 2. The maximum Gasteiger partial charge on any atom is 0.0599 e. The van der Waals surface area contributed by atoms with E-state index in [4.69, 9.17) is 4.74 Å². The highest BCUT2D eigenvalue weighted by atomic mass is 16.5. The molecule has 0 aromatic heterocycles. The summed E-state index contributed by atoms with van der Waals surface area (Å²) >= 11 is 0. The average Bonchev–Trinajstić information content (AvgIpc) is 2.44. The lowest BCUT2D eigenvalue weighted by Crippen LogP contribution is -2.36. The Bertz CT molecular complexity index is 117. The van der Waals surface area contributed by atoms with Crippen LogP contribution in [0.1, 0.15) is 67.2 Å². The highest BCUT2D eigenvalue weighted by Crippen LogP contribution is 2.13. The van der Waals surface area contributed by atoms with E-state index in [1.807, 2.05) is 27.7 Å². The predicted molar refractivity (Wildman–Crippen MR) is 78.7 cm³/mol. The Kier molecular flexibility index (Phi) is 18.0. The number of likely N-dealkylation sites (tertiary alicyclic amines) is 1. The van der Waals surface area contributed by atoms with E-state index in [1.165, 1.54) is 45.3 Å². The van der Waals surface area contributed by atoms with Crippen LogP contribution in [-0.2, 0) is 4.74 Å². The largest absolute Gasteiger partial charge is 0.378 e. The molecule has 2 heteroatoms. The molecule has 0 spiro atoms. The summed E-state index contributed by atoms with van der Waals surface area (Å²) in [6, 6.07) is 0. The van der Waals surface area contributed by atoms with Gasteiger partial charge in [-0.3, -0.25) is 0 Å². The minimum absolute atomic E-state index is 0.550. The van der Waals surface area contributed by atoms with Crippen LogP contribution in [0.2, 0.25) is 0 Å². The van der Waals surface area contributed by atoms with Crippen LogP contribution in [0.15, 0.2) is 0 Å². The summed E-state index contributed by atoms with van der Waals surface area (Å²) in [6.07, 6.45) is 5.48. The van der Waals surface area contributed by atoms with Crippen LogP contribution in [0.4, 0.5) is 0 Å². The second kappa shape index (κ2) is 15.9. The standard InChI is InChI=1S/C11H23NO.2C2H6/c1-3-5-10-13-11-6-8-12(4-2)9-7-11;2*1-2/h11H,3-10H2,1-2H3;2*1-2H3. The van der Waals surface area contributed by atoms with Crippen LogP contribution >= 0.6 is 0 Å². The number of unbranched alkanes of at least 4 members (excludes halogenated alkanes) is 1. The molecule has 106 valence electrons. The van der Waals surface area contributed by atoms with Gasteiger partial charge in [-0.15, -0.1) is 0 Å². The zero-order chi connectivity index (χ0) is 13.5. The van der Waals surface area contributed by atoms with Crippen LogP contribution in [0.3, 0.4) is 0 Å². The molecule has 1 heterocycles. The Morgan fingerprint density at radius 1 is 1.00 bits per heavy atom. The van der Waals surface area contributed by atoms with Crippen LogP contribution in [-0.4, -0.2) is 37.2 Å². The van der Waals surface area contributed by atoms with Crippen LogP contribution in [0, 0.1) is 0 Å². The number of rotatable bonds is 5. The Balaban J connectivity index is 0. The highest BCUT2D eigenvalue weighted by molar-refractivity contribution is 4.71. The van der Waals surface area contributed by atoms with E-state index in [9.17, 15) is 0 Å². The molecule has 1 rings (SSSR count). The highest BCUT2D eigenvalue weighted by Gasteiger charge is 2.17. The third kappa shape index (κ3) is 10.8. The molecule has 0 atom stereocenters. The van der Waals surface area contributed by atoms with Gasteiger partial charge in [-0.2, -0.15) is 0 Å². The second-order valence-corrected chi connectivity index (χ2v) is 3.86. The fourth-order valence-corrected chi connectivity index (χ4v) is 1.79. The zero-order valence-corrected chi connectivity index (χ0v) is 13.1. The van der Waals surface area contributed by atoms with E-state index in [2.05, 4.69) is 18.7 Å². The fraction of sp³-hybridized carbons (Fsp3) is 1.00. The zero-order valence-electron chi connectivity index (χ0n) is 13.1. The van der Waals surface area contributed by atoms with Crippen LogP contribution < -0.4 is 0 Å². The van der Waals surface area contributed by atoms with Crippen molar-refractivity contribution in [1.82, 2.24) is 4.90 Å². The summed E-state index contributed by atoms with van der Waals surface area (Å²) in [6.45, 7) is 17.1. The fourth-order valence-electron chi connectivity index (χ4n) is 1.79. The molecule has 0 aromatic carbocycles. The normalized spacial score (nSPS) is 16.6. The van der Waals surface area contributed by atoms with E-state index < -0.39 is 0 Å². The summed E-state index contributed by atoms with van der Waals surface area (Å²) in [5, 5.41) is 0. The molecule has 1 fully saturated rings. The topological polar surface area (TPSA) is 12.5 Å². The van der Waals surface area contributed by atoms with Gasteiger partial charge >= 0.3 is 0 Å². The molecule has 0 radical (unpaired) electrons. The quantitative estimate of drug-likeness (QED) is 0.668. The van der Waals surface area contributed by atoms with Crippen molar-refractivity contribution in [3.63, 3.8) is 0 Å². The summed E-state index contributed by atoms with van der Waals surface area (Å²) in [4.78, 5) is 2.50. The molecule has 0 saturated carbocycles. The van der Waals surface area contributed by atoms with Crippen molar-refractivity contribution in [2.45, 2.75) is 73.3 Å². The Hall–Kier alpha value is -0.0800. The second-order valence-electron chi connectivity index (χ2n) is 3.86. The van der Waals surface area contributed by atoms with Gasteiger partial charge in [-0.25, -0.2) is 0 Å². The van der Waals surface area contributed by atoms with Gasteiger partial charge in [0, 0.05) is 19.7 Å². The molecule has 0 unspecified atom stereocenters. The van der Waals surface area contributed by atoms with Crippen molar-refractivity contribution >= 4 is 0 Å². The van der Waals surface area contributed by atoms with Gasteiger partial charge in [0.25, 0.3) is 0 Å². The molecule has 1 aliphatic heterocycles.